The Balaban J connectivity index is 1.82. The molecule has 3 atom stereocenters. The van der Waals surface area contributed by atoms with Gasteiger partial charge in [0.05, 0.1) is 6.10 Å². The Kier molecular flexibility index (Phi) is 3.20. The molecule has 3 nitrogen and oxygen atoms in total. The van der Waals surface area contributed by atoms with Gasteiger partial charge in [-0.3, -0.25) is 0 Å². The highest BCUT2D eigenvalue weighted by atomic mass is 16.5. The minimum atomic E-state index is 0.170. The van der Waals surface area contributed by atoms with Gasteiger partial charge in [0, 0.05) is 29.7 Å². The topological polar surface area (TPSA) is 41.5 Å². The highest BCUT2D eigenvalue weighted by Gasteiger charge is 2.57. The fourth-order valence-electron chi connectivity index (χ4n) is 3.94. The second kappa shape index (κ2) is 4.66. The van der Waals surface area contributed by atoms with Gasteiger partial charge >= 0.3 is 0 Å². The van der Waals surface area contributed by atoms with Gasteiger partial charge in [-0.25, -0.2) is 0 Å². The summed E-state index contributed by atoms with van der Waals surface area (Å²) in [6.45, 7) is 9.48. The second-order valence-corrected chi connectivity index (χ2v) is 6.99. The van der Waals surface area contributed by atoms with Crippen LogP contribution < -0.4 is 5.32 Å². The number of hydrogen-bond acceptors (Lipinski definition) is 3. The Bertz CT molecular complexity index is 524. The molecule has 3 heteroatoms. The van der Waals surface area contributed by atoms with Crippen molar-refractivity contribution >= 4 is 5.69 Å². The third kappa shape index (κ3) is 1.99. The molecule has 1 saturated carbocycles. The molecular formula is C17H25NO2. The van der Waals surface area contributed by atoms with Crippen molar-refractivity contribution in [2.45, 2.75) is 52.7 Å². The fraction of sp³-hybridized carbons (Fsp3) is 0.647. The van der Waals surface area contributed by atoms with Gasteiger partial charge in [-0.15, -0.1) is 0 Å². The van der Waals surface area contributed by atoms with E-state index in [-0.39, 0.29) is 5.41 Å². The molecule has 2 aliphatic rings. The third-order valence-electron chi connectivity index (χ3n) is 5.19. The summed E-state index contributed by atoms with van der Waals surface area (Å²) >= 11 is 0. The number of anilines is 1. The zero-order valence-corrected chi connectivity index (χ0v) is 12.9. The van der Waals surface area contributed by atoms with E-state index in [0.29, 0.717) is 23.8 Å². The number of phenols is 1. The number of rotatable bonds is 2. The number of aromatic hydroxyl groups is 1. The molecule has 20 heavy (non-hydrogen) atoms. The van der Waals surface area contributed by atoms with Gasteiger partial charge in [0.2, 0.25) is 0 Å². The Hall–Kier alpha value is -1.22. The van der Waals surface area contributed by atoms with Crippen molar-refractivity contribution in [1.29, 1.82) is 0 Å². The van der Waals surface area contributed by atoms with Gasteiger partial charge in [-0.2, -0.15) is 0 Å². The van der Waals surface area contributed by atoms with Crippen LogP contribution in [0.3, 0.4) is 0 Å². The molecule has 1 aliphatic heterocycles. The normalized spacial score (nSPS) is 31.3. The van der Waals surface area contributed by atoms with Crippen molar-refractivity contribution in [1.82, 2.24) is 0 Å². The SMILES string of the molecule is Cc1cc(NC2C3CCCOC3C2(C)C)c(C)cc1O. The standard InChI is InChI=1S/C17H25NO2/c1-10-9-14(19)11(2)8-13(10)18-15-12-6-5-7-20-16(12)17(15,3)4/h8-9,12,15-16,18-19H,5-7H2,1-4H3. The van der Waals surface area contributed by atoms with E-state index in [9.17, 15) is 5.11 Å². The van der Waals surface area contributed by atoms with Gasteiger partial charge in [-0.05, 0) is 49.9 Å². The summed E-state index contributed by atoms with van der Waals surface area (Å²) in [6, 6.07) is 4.35. The molecule has 1 saturated heterocycles. The molecule has 3 rings (SSSR count). The van der Waals surface area contributed by atoms with Gasteiger partial charge < -0.3 is 15.2 Å². The first-order chi connectivity index (χ1) is 9.41. The van der Waals surface area contributed by atoms with E-state index in [0.717, 1.165) is 23.4 Å². The summed E-state index contributed by atoms with van der Waals surface area (Å²) in [6.07, 6.45) is 2.82. The second-order valence-electron chi connectivity index (χ2n) is 6.99. The van der Waals surface area contributed by atoms with Crippen LogP contribution >= 0.6 is 0 Å². The maximum absolute atomic E-state index is 9.77. The van der Waals surface area contributed by atoms with E-state index in [1.54, 1.807) is 0 Å². The van der Waals surface area contributed by atoms with Gasteiger partial charge in [0.1, 0.15) is 5.75 Å². The summed E-state index contributed by atoms with van der Waals surface area (Å²) in [5.41, 5.74) is 3.33. The Morgan fingerprint density at radius 1 is 1.25 bits per heavy atom. The van der Waals surface area contributed by atoms with Crippen LogP contribution in [0.25, 0.3) is 0 Å². The molecule has 0 radical (unpaired) electrons. The van der Waals surface area contributed by atoms with Crippen LogP contribution in [-0.4, -0.2) is 23.9 Å². The van der Waals surface area contributed by atoms with Crippen LogP contribution in [-0.2, 0) is 4.74 Å². The first kappa shape index (κ1) is 13.7. The zero-order chi connectivity index (χ0) is 14.5. The molecule has 1 aromatic rings. The van der Waals surface area contributed by atoms with Crippen LogP contribution in [0.4, 0.5) is 5.69 Å². The van der Waals surface area contributed by atoms with E-state index in [2.05, 4.69) is 25.2 Å². The number of fused-ring (bicyclic) bond motifs is 1. The lowest BCUT2D eigenvalue weighted by Gasteiger charge is -2.60. The lowest BCUT2D eigenvalue weighted by atomic mass is 9.55. The Labute approximate surface area is 121 Å². The largest absolute Gasteiger partial charge is 0.508 e. The molecule has 0 amide bonds. The van der Waals surface area contributed by atoms with Crippen molar-refractivity contribution in [2.75, 3.05) is 11.9 Å². The number of aryl methyl sites for hydroxylation is 2. The average Bonchev–Trinajstić information content (AvgIpc) is 2.41. The highest BCUT2D eigenvalue weighted by Crippen LogP contribution is 2.52. The van der Waals surface area contributed by atoms with Crippen LogP contribution in [0.15, 0.2) is 12.1 Å². The average molecular weight is 275 g/mol. The third-order valence-corrected chi connectivity index (χ3v) is 5.19. The van der Waals surface area contributed by atoms with Crippen molar-refractivity contribution in [3.63, 3.8) is 0 Å². The minimum Gasteiger partial charge on any atom is -0.508 e. The predicted molar refractivity (Wildman–Crippen MR) is 81.2 cm³/mol. The summed E-state index contributed by atoms with van der Waals surface area (Å²) in [5, 5.41) is 13.5. The molecule has 1 heterocycles. The first-order valence-electron chi connectivity index (χ1n) is 7.59. The lowest BCUT2D eigenvalue weighted by molar-refractivity contribution is -0.177. The summed E-state index contributed by atoms with van der Waals surface area (Å²) in [4.78, 5) is 0. The number of benzene rings is 1. The molecule has 2 fully saturated rings. The van der Waals surface area contributed by atoms with E-state index in [4.69, 9.17) is 4.74 Å². The van der Waals surface area contributed by atoms with Crippen LogP contribution in [0.1, 0.15) is 37.8 Å². The smallest absolute Gasteiger partial charge is 0.118 e. The fourth-order valence-corrected chi connectivity index (χ4v) is 3.94. The van der Waals surface area contributed by atoms with Gasteiger partial charge in [0.25, 0.3) is 0 Å². The van der Waals surface area contributed by atoms with E-state index in [1.807, 2.05) is 19.9 Å². The summed E-state index contributed by atoms with van der Waals surface area (Å²) in [5.74, 6) is 0.993. The molecule has 0 spiro atoms. The molecule has 110 valence electrons. The molecule has 1 aromatic carbocycles. The maximum atomic E-state index is 9.77. The van der Waals surface area contributed by atoms with Crippen LogP contribution in [0, 0.1) is 25.2 Å². The summed E-state index contributed by atoms with van der Waals surface area (Å²) in [7, 11) is 0. The number of phenolic OH excluding ortho intramolecular Hbond substituents is 1. The van der Waals surface area contributed by atoms with E-state index >= 15 is 0 Å². The van der Waals surface area contributed by atoms with Crippen molar-refractivity contribution < 1.29 is 9.84 Å². The van der Waals surface area contributed by atoms with Gasteiger partial charge in [-0.1, -0.05) is 13.8 Å². The number of ether oxygens (including phenoxy) is 1. The van der Waals surface area contributed by atoms with Crippen molar-refractivity contribution in [3.05, 3.63) is 23.3 Å². The van der Waals surface area contributed by atoms with E-state index in [1.165, 1.54) is 12.8 Å². The molecule has 2 N–H and O–H groups in total. The van der Waals surface area contributed by atoms with E-state index < -0.39 is 0 Å². The van der Waals surface area contributed by atoms with Gasteiger partial charge in [0.15, 0.2) is 0 Å². The molecular weight excluding hydrogens is 250 g/mol. The first-order valence-corrected chi connectivity index (χ1v) is 7.59. The van der Waals surface area contributed by atoms with Crippen molar-refractivity contribution in [3.8, 4) is 5.75 Å². The molecule has 0 bridgehead atoms. The molecule has 3 unspecified atom stereocenters. The lowest BCUT2D eigenvalue weighted by Crippen LogP contribution is -2.67. The zero-order valence-electron chi connectivity index (χ0n) is 12.9. The monoisotopic (exact) mass is 275 g/mol. The summed E-state index contributed by atoms with van der Waals surface area (Å²) < 4.78 is 5.95. The Morgan fingerprint density at radius 2 is 2.00 bits per heavy atom. The highest BCUT2D eigenvalue weighted by molar-refractivity contribution is 5.58. The molecule has 0 aromatic heterocycles. The molecule has 1 aliphatic carbocycles. The quantitative estimate of drug-likeness (QED) is 0.810. The predicted octanol–water partition coefficient (Wildman–Crippen LogP) is 3.62. The maximum Gasteiger partial charge on any atom is 0.118 e. The number of hydrogen-bond donors (Lipinski definition) is 2. The van der Waals surface area contributed by atoms with Crippen LogP contribution in [0.5, 0.6) is 5.75 Å². The Morgan fingerprint density at radius 3 is 2.75 bits per heavy atom. The minimum absolute atomic E-state index is 0.170. The van der Waals surface area contributed by atoms with Crippen molar-refractivity contribution in [2.24, 2.45) is 11.3 Å². The number of nitrogens with one attached hydrogen (secondary N) is 1. The van der Waals surface area contributed by atoms with Crippen LogP contribution in [0.2, 0.25) is 0 Å².